The molecule has 0 unspecified atom stereocenters. The molecule has 0 N–H and O–H groups in total. The lowest BCUT2D eigenvalue weighted by atomic mass is 10.0. The lowest BCUT2D eigenvalue weighted by molar-refractivity contribution is -0.147. The van der Waals surface area contributed by atoms with Gasteiger partial charge < -0.3 is 14.4 Å². The molecule has 1 amide bonds. The number of halogens is 3. The SMILES string of the molecule is CCOc1ccccc1C(=O)N(CC(F)(F)F)C1CCOCC1. The zero-order chi connectivity index (χ0) is 16.9. The summed E-state index contributed by atoms with van der Waals surface area (Å²) in [6.45, 7) is 1.55. The van der Waals surface area contributed by atoms with Gasteiger partial charge in [-0.05, 0) is 31.9 Å². The molecule has 2 rings (SSSR count). The van der Waals surface area contributed by atoms with Crippen molar-refractivity contribution in [2.24, 2.45) is 0 Å². The van der Waals surface area contributed by atoms with Crippen molar-refractivity contribution < 1.29 is 27.4 Å². The summed E-state index contributed by atoms with van der Waals surface area (Å²) in [4.78, 5) is 13.6. The smallest absolute Gasteiger partial charge is 0.406 e. The number of para-hydroxylation sites is 1. The molecule has 1 heterocycles. The topological polar surface area (TPSA) is 38.8 Å². The second-order valence-corrected chi connectivity index (χ2v) is 5.32. The van der Waals surface area contributed by atoms with Crippen LogP contribution in [-0.4, -0.2) is 49.4 Å². The van der Waals surface area contributed by atoms with Crippen LogP contribution in [0.1, 0.15) is 30.1 Å². The van der Waals surface area contributed by atoms with E-state index >= 15 is 0 Å². The molecule has 1 saturated heterocycles. The van der Waals surface area contributed by atoms with Gasteiger partial charge in [0.25, 0.3) is 5.91 Å². The van der Waals surface area contributed by atoms with Gasteiger partial charge in [0.05, 0.1) is 12.2 Å². The van der Waals surface area contributed by atoms with Crippen molar-refractivity contribution in [2.45, 2.75) is 32.0 Å². The van der Waals surface area contributed by atoms with Gasteiger partial charge in [0.15, 0.2) is 0 Å². The molecule has 128 valence electrons. The van der Waals surface area contributed by atoms with Crippen molar-refractivity contribution in [3.8, 4) is 5.75 Å². The average Bonchev–Trinajstić information content (AvgIpc) is 2.53. The number of carbonyl (C=O) groups is 1. The predicted octanol–water partition coefficient (Wildman–Crippen LogP) is 3.27. The maximum absolute atomic E-state index is 12.9. The molecule has 1 aromatic carbocycles. The van der Waals surface area contributed by atoms with E-state index in [0.717, 1.165) is 4.90 Å². The fourth-order valence-corrected chi connectivity index (χ4v) is 2.64. The van der Waals surface area contributed by atoms with Crippen LogP contribution in [0.5, 0.6) is 5.75 Å². The number of rotatable bonds is 5. The first-order chi connectivity index (χ1) is 10.9. The first-order valence-electron chi connectivity index (χ1n) is 7.59. The highest BCUT2D eigenvalue weighted by atomic mass is 19.4. The third-order valence-electron chi connectivity index (χ3n) is 3.66. The number of carbonyl (C=O) groups excluding carboxylic acids is 1. The Hall–Kier alpha value is -1.76. The molecular weight excluding hydrogens is 311 g/mol. The fraction of sp³-hybridized carbons (Fsp3) is 0.562. The molecule has 1 aliphatic heterocycles. The Bertz CT molecular complexity index is 528. The van der Waals surface area contributed by atoms with Crippen LogP contribution in [0.25, 0.3) is 0 Å². The van der Waals surface area contributed by atoms with E-state index in [-0.39, 0.29) is 5.56 Å². The predicted molar refractivity (Wildman–Crippen MR) is 78.5 cm³/mol. The Morgan fingerprint density at radius 2 is 1.96 bits per heavy atom. The average molecular weight is 331 g/mol. The monoisotopic (exact) mass is 331 g/mol. The van der Waals surface area contributed by atoms with E-state index in [2.05, 4.69) is 0 Å². The van der Waals surface area contributed by atoms with E-state index in [0.29, 0.717) is 38.4 Å². The van der Waals surface area contributed by atoms with Gasteiger partial charge in [-0.25, -0.2) is 0 Å². The number of ether oxygens (including phenoxy) is 2. The Kier molecular flexibility index (Phi) is 5.87. The number of hydrogen-bond acceptors (Lipinski definition) is 3. The molecular formula is C16H20F3NO3. The van der Waals surface area contributed by atoms with Crippen LogP contribution in [-0.2, 0) is 4.74 Å². The number of alkyl halides is 3. The van der Waals surface area contributed by atoms with Gasteiger partial charge >= 0.3 is 6.18 Å². The first kappa shape index (κ1) is 17.6. The summed E-state index contributed by atoms with van der Waals surface area (Å²) in [5.74, 6) is -0.350. The lowest BCUT2D eigenvalue weighted by Crippen LogP contribution is -2.48. The summed E-state index contributed by atoms with van der Waals surface area (Å²) < 4.78 is 49.3. The summed E-state index contributed by atoms with van der Waals surface area (Å²) in [6.07, 6.45) is -3.65. The highest BCUT2D eigenvalue weighted by Gasteiger charge is 2.38. The summed E-state index contributed by atoms with van der Waals surface area (Å²) in [6, 6.07) is 5.91. The van der Waals surface area contributed by atoms with Crippen LogP contribution in [0.15, 0.2) is 24.3 Å². The van der Waals surface area contributed by atoms with E-state index in [9.17, 15) is 18.0 Å². The van der Waals surface area contributed by atoms with Gasteiger partial charge in [-0.3, -0.25) is 4.79 Å². The Labute approximate surface area is 133 Å². The summed E-state index contributed by atoms with van der Waals surface area (Å²) in [5.41, 5.74) is 0.157. The highest BCUT2D eigenvalue weighted by Crippen LogP contribution is 2.27. The first-order valence-corrected chi connectivity index (χ1v) is 7.59. The summed E-state index contributed by atoms with van der Waals surface area (Å²) in [7, 11) is 0. The molecule has 0 bridgehead atoms. The summed E-state index contributed by atoms with van der Waals surface area (Å²) >= 11 is 0. The standard InChI is InChI=1S/C16H20F3NO3/c1-2-23-14-6-4-3-5-13(14)15(21)20(11-16(17,18)19)12-7-9-22-10-8-12/h3-6,12H,2,7-11H2,1H3. The van der Waals surface area contributed by atoms with Crippen molar-refractivity contribution in [3.63, 3.8) is 0 Å². The number of amides is 1. The van der Waals surface area contributed by atoms with Crippen LogP contribution < -0.4 is 4.74 Å². The molecule has 1 aliphatic rings. The molecule has 0 spiro atoms. The number of benzene rings is 1. The van der Waals surface area contributed by atoms with Crippen LogP contribution in [0, 0.1) is 0 Å². The molecule has 0 radical (unpaired) electrons. The Morgan fingerprint density at radius 1 is 1.30 bits per heavy atom. The maximum atomic E-state index is 12.9. The van der Waals surface area contributed by atoms with Crippen molar-refractivity contribution in [3.05, 3.63) is 29.8 Å². The minimum Gasteiger partial charge on any atom is -0.493 e. The minimum absolute atomic E-state index is 0.157. The third kappa shape index (κ3) is 4.86. The highest BCUT2D eigenvalue weighted by molar-refractivity contribution is 5.97. The van der Waals surface area contributed by atoms with Crippen molar-refractivity contribution in [1.29, 1.82) is 0 Å². The molecule has 1 aromatic rings. The summed E-state index contributed by atoms with van der Waals surface area (Å²) in [5, 5.41) is 0. The van der Waals surface area contributed by atoms with Gasteiger partial charge in [-0.2, -0.15) is 13.2 Å². The van der Waals surface area contributed by atoms with E-state index in [1.54, 1.807) is 25.1 Å². The van der Waals surface area contributed by atoms with E-state index in [1.165, 1.54) is 6.07 Å². The van der Waals surface area contributed by atoms with Crippen molar-refractivity contribution in [1.82, 2.24) is 4.90 Å². The van der Waals surface area contributed by atoms with Gasteiger partial charge in [0.2, 0.25) is 0 Å². The lowest BCUT2D eigenvalue weighted by Gasteiger charge is -2.35. The molecule has 0 saturated carbocycles. The normalized spacial score (nSPS) is 16.2. The van der Waals surface area contributed by atoms with Crippen LogP contribution in [0.4, 0.5) is 13.2 Å². The minimum atomic E-state index is -4.45. The molecule has 0 aromatic heterocycles. The largest absolute Gasteiger partial charge is 0.493 e. The molecule has 1 fully saturated rings. The van der Waals surface area contributed by atoms with Crippen molar-refractivity contribution >= 4 is 5.91 Å². The van der Waals surface area contributed by atoms with Crippen LogP contribution in [0.2, 0.25) is 0 Å². The van der Waals surface area contributed by atoms with Crippen molar-refractivity contribution in [2.75, 3.05) is 26.4 Å². The van der Waals surface area contributed by atoms with Gasteiger partial charge in [0.1, 0.15) is 12.3 Å². The second kappa shape index (κ2) is 7.68. The van der Waals surface area contributed by atoms with Gasteiger partial charge in [-0.15, -0.1) is 0 Å². The molecule has 23 heavy (non-hydrogen) atoms. The maximum Gasteiger partial charge on any atom is 0.406 e. The Morgan fingerprint density at radius 3 is 2.57 bits per heavy atom. The number of nitrogens with zero attached hydrogens (tertiary/aromatic N) is 1. The molecule has 0 aliphatic carbocycles. The van der Waals surface area contributed by atoms with Gasteiger partial charge in [0, 0.05) is 19.3 Å². The third-order valence-corrected chi connectivity index (χ3v) is 3.66. The Balaban J connectivity index is 2.28. The van der Waals surface area contributed by atoms with Crippen LogP contribution in [0.3, 0.4) is 0 Å². The molecule has 4 nitrogen and oxygen atoms in total. The zero-order valence-corrected chi connectivity index (χ0v) is 12.9. The van der Waals surface area contributed by atoms with E-state index in [4.69, 9.17) is 9.47 Å². The quantitative estimate of drug-likeness (QED) is 0.831. The van der Waals surface area contributed by atoms with E-state index in [1.807, 2.05) is 0 Å². The van der Waals surface area contributed by atoms with Crippen LogP contribution >= 0.6 is 0 Å². The fourth-order valence-electron chi connectivity index (χ4n) is 2.64. The molecule has 0 atom stereocenters. The van der Waals surface area contributed by atoms with Gasteiger partial charge in [-0.1, -0.05) is 12.1 Å². The zero-order valence-electron chi connectivity index (χ0n) is 12.9. The van der Waals surface area contributed by atoms with E-state index < -0.39 is 24.7 Å². The second-order valence-electron chi connectivity index (χ2n) is 5.32. The molecule has 7 heteroatoms. The number of hydrogen-bond donors (Lipinski definition) is 0.